The first-order chi connectivity index (χ1) is 13.6. The van der Waals surface area contributed by atoms with Gasteiger partial charge in [-0.25, -0.2) is 8.57 Å². The summed E-state index contributed by atoms with van der Waals surface area (Å²) in [7, 11) is -5.70. The van der Waals surface area contributed by atoms with Crippen molar-refractivity contribution in [2.45, 2.75) is 37.6 Å². The number of nitrogens with one attached hydrogen (secondary N) is 1. The zero-order valence-electron chi connectivity index (χ0n) is 16.0. The van der Waals surface area contributed by atoms with Crippen LogP contribution in [0.15, 0.2) is 48.3 Å². The van der Waals surface area contributed by atoms with Crippen LogP contribution in [0.2, 0.25) is 0 Å². The molecule has 1 N–H and O–H groups in total. The zero-order valence-corrected chi connectivity index (χ0v) is 16.8. The molecule has 0 fully saturated rings. The van der Waals surface area contributed by atoms with E-state index in [1.54, 1.807) is 6.08 Å². The van der Waals surface area contributed by atoms with E-state index >= 15 is 0 Å². The first kappa shape index (κ1) is 25.3. The Morgan fingerprint density at radius 2 is 2.17 bits per heavy atom. The van der Waals surface area contributed by atoms with E-state index in [9.17, 15) is 26.0 Å². The summed E-state index contributed by atoms with van der Waals surface area (Å²) >= 11 is 0. The first-order valence-electron chi connectivity index (χ1n) is 8.87. The van der Waals surface area contributed by atoms with E-state index in [1.165, 1.54) is 18.2 Å². The Morgan fingerprint density at radius 1 is 1.45 bits per heavy atom. The number of allylic oxidation sites excluding steroid dienone is 3. The Morgan fingerprint density at radius 3 is 2.69 bits per heavy atom. The molecule has 0 bridgehead atoms. The van der Waals surface area contributed by atoms with Crippen LogP contribution in [0.1, 0.15) is 19.8 Å². The van der Waals surface area contributed by atoms with Gasteiger partial charge in [-0.3, -0.25) is 5.32 Å². The average molecular weight is 443 g/mol. The molecule has 2 atom stereocenters. The van der Waals surface area contributed by atoms with E-state index in [-0.39, 0.29) is 18.9 Å². The third-order valence-electron chi connectivity index (χ3n) is 3.59. The van der Waals surface area contributed by atoms with E-state index in [2.05, 4.69) is 16.1 Å². The van der Waals surface area contributed by atoms with Crippen LogP contribution in [-0.4, -0.2) is 52.7 Å². The van der Waals surface area contributed by atoms with Crippen LogP contribution in [-0.2, 0) is 23.8 Å². The number of rotatable bonds is 12. The van der Waals surface area contributed by atoms with Crippen molar-refractivity contribution in [1.82, 2.24) is 5.32 Å². The zero-order chi connectivity index (χ0) is 21.9. The molecule has 0 radical (unpaired) electrons. The van der Waals surface area contributed by atoms with E-state index in [0.29, 0.717) is 12.2 Å². The third kappa shape index (κ3) is 9.11. The molecule has 0 saturated carbocycles. The fraction of sp³-hybridized carbons (Fsp3) is 0.556. The van der Waals surface area contributed by atoms with Gasteiger partial charge < -0.3 is 9.47 Å². The minimum Gasteiger partial charge on any atom is -0.485 e. The predicted octanol–water partition coefficient (Wildman–Crippen LogP) is 3.51. The van der Waals surface area contributed by atoms with Crippen molar-refractivity contribution < 1.29 is 39.6 Å². The Hall–Kier alpha value is -1.69. The number of halogens is 4. The number of alkyl halides is 4. The third-order valence-corrected chi connectivity index (χ3v) is 4.62. The molecular weight excluding hydrogens is 418 g/mol. The lowest BCUT2D eigenvalue weighted by atomic mass is 10.1. The standard InChI is InChI=1S/C18H25F4NO5S/c1-3-5-10-26-13-16(11-19)27-15(4-2)8-6-14-7-9-17(23-12-14)28-29(24,25)18(20,21)22/h4,6-9,16-17,23H,2-3,5,10-13H2,1H3/b14-6-,15-8+/t16?,17-/m1/s1. The van der Waals surface area contributed by atoms with Gasteiger partial charge in [0.15, 0.2) is 6.10 Å². The van der Waals surface area contributed by atoms with Crippen molar-refractivity contribution in [3.05, 3.63) is 48.3 Å². The Balaban J connectivity index is 2.65. The monoisotopic (exact) mass is 443 g/mol. The maximum atomic E-state index is 13.1. The second-order valence-electron chi connectivity index (χ2n) is 5.99. The van der Waals surface area contributed by atoms with E-state index < -0.39 is 34.6 Å². The highest BCUT2D eigenvalue weighted by Crippen LogP contribution is 2.26. The molecule has 1 aliphatic rings. The van der Waals surface area contributed by atoms with Crippen LogP contribution in [0.3, 0.4) is 0 Å². The summed E-state index contributed by atoms with van der Waals surface area (Å²) in [5.41, 5.74) is -4.89. The first-order valence-corrected chi connectivity index (χ1v) is 10.3. The lowest BCUT2D eigenvalue weighted by Gasteiger charge is -2.20. The fourth-order valence-electron chi connectivity index (χ4n) is 2.04. The molecule has 1 heterocycles. The van der Waals surface area contributed by atoms with Crippen LogP contribution in [0.4, 0.5) is 17.6 Å². The summed E-state index contributed by atoms with van der Waals surface area (Å²) in [5.74, 6) is 0.283. The van der Waals surface area contributed by atoms with Crippen LogP contribution >= 0.6 is 0 Å². The molecule has 0 saturated heterocycles. The summed E-state index contributed by atoms with van der Waals surface area (Å²) in [4.78, 5) is 0. The molecule has 1 aliphatic heterocycles. The molecule has 11 heteroatoms. The van der Waals surface area contributed by atoms with Gasteiger partial charge in [-0.2, -0.15) is 21.6 Å². The number of unbranched alkanes of at least 4 members (excludes halogenated alkanes) is 1. The van der Waals surface area contributed by atoms with E-state index in [1.807, 2.05) is 6.92 Å². The summed E-state index contributed by atoms with van der Waals surface area (Å²) in [6.45, 7) is 5.49. The van der Waals surface area contributed by atoms with Gasteiger partial charge in [0.2, 0.25) is 0 Å². The predicted molar refractivity (Wildman–Crippen MR) is 99.9 cm³/mol. The molecule has 0 aromatic carbocycles. The normalized spacial score (nSPS) is 20.7. The van der Waals surface area contributed by atoms with Gasteiger partial charge in [0, 0.05) is 13.2 Å². The molecule has 29 heavy (non-hydrogen) atoms. The average Bonchev–Trinajstić information content (AvgIpc) is 2.66. The van der Waals surface area contributed by atoms with Crippen LogP contribution in [0.5, 0.6) is 0 Å². The van der Waals surface area contributed by atoms with Gasteiger partial charge in [0.05, 0.1) is 6.61 Å². The van der Waals surface area contributed by atoms with Crippen molar-refractivity contribution in [3.8, 4) is 0 Å². The molecular formula is C18H25F4NO5S. The SMILES string of the molecule is C=C/C(=C\C=C1\C=C[C@@H](OS(=O)(=O)C(F)(F)F)NC1)OC(CF)COCCCC. The van der Waals surface area contributed by atoms with Crippen molar-refractivity contribution in [3.63, 3.8) is 0 Å². The van der Waals surface area contributed by atoms with Gasteiger partial charge in [-0.15, -0.1) is 0 Å². The largest absolute Gasteiger partial charge is 0.523 e. The minimum absolute atomic E-state index is 0.0438. The van der Waals surface area contributed by atoms with Crippen molar-refractivity contribution in [2.24, 2.45) is 0 Å². The summed E-state index contributed by atoms with van der Waals surface area (Å²) in [5, 5.41) is 2.50. The maximum absolute atomic E-state index is 13.1. The number of ether oxygens (including phenoxy) is 2. The molecule has 166 valence electrons. The van der Waals surface area contributed by atoms with Gasteiger partial charge >= 0.3 is 15.6 Å². The number of hydrogen-bond acceptors (Lipinski definition) is 6. The summed E-state index contributed by atoms with van der Waals surface area (Å²) in [6, 6.07) is 0. The Kier molecular flexibility index (Phi) is 10.6. The second kappa shape index (κ2) is 12.1. The highest BCUT2D eigenvalue weighted by Gasteiger charge is 2.48. The van der Waals surface area contributed by atoms with Crippen LogP contribution < -0.4 is 5.32 Å². The summed E-state index contributed by atoms with van der Waals surface area (Å²) in [6.07, 6.45) is 6.60. The molecule has 6 nitrogen and oxygen atoms in total. The lowest BCUT2D eigenvalue weighted by molar-refractivity contribution is -0.0568. The second-order valence-corrected chi connectivity index (χ2v) is 7.56. The topological polar surface area (TPSA) is 73.9 Å². The molecule has 0 amide bonds. The summed E-state index contributed by atoms with van der Waals surface area (Å²) < 4.78 is 86.9. The van der Waals surface area contributed by atoms with Gasteiger partial charge in [-0.05, 0) is 30.2 Å². The molecule has 1 unspecified atom stereocenters. The molecule has 1 rings (SSSR count). The molecule has 0 aromatic heterocycles. The quantitative estimate of drug-likeness (QED) is 0.124. The highest BCUT2D eigenvalue weighted by molar-refractivity contribution is 7.87. The van der Waals surface area contributed by atoms with Crippen molar-refractivity contribution in [1.29, 1.82) is 0 Å². The highest BCUT2D eigenvalue weighted by atomic mass is 32.2. The fourth-order valence-corrected chi connectivity index (χ4v) is 2.55. The Bertz CT molecular complexity index is 716. The number of hydrogen-bond donors (Lipinski definition) is 1. The van der Waals surface area contributed by atoms with E-state index in [4.69, 9.17) is 9.47 Å². The minimum atomic E-state index is -5.70. The molecule has 0 aromatic rings. The van der Waals surface area contributed by atoms with Gasteiger partial charge in [0.1, 0.15) is 18.7 Å². The lowest BCUT2D eigenvalue weighted by Crippen LogP contribution is -2.39. The molecule has 0 spiro atoms. The van der Waals surface area contributed by atoms with E-state index in [0.717, 1.165) is 18.9 Å². The van der Waals surface area contributed by atoms with Gasteiger partial charge in [0.25, 0.3) is 0 Å². The van der Waals surface area contributed by atoms with Crippen LogP contribution in [0, 0.1) is 0 Å². The maximum Gasteiger partial charge on any atom is 0.523 e. The van der Waals surface area contributed by atoms with Gasteiger partial charge in [-0.1, -0.05) is 32.1 Å². The van der Waals surface area contributed by atoms with Crippen molar-refractivity contribution in [2.75, 3.05) is 26.4 Å². The molecule has 0 aliphatic carbocycles. The smallest absolute Gasteiger partial charge is 0.485 e. The van der Waals surface area contributed by atoms with Crippen molar-refractivity contribution >= 4 is 10.1 Å². The Labute approximate surface area is 168 Å². The van der Waals surface area contributed by atoms with Crippen LogP contribution in [0.25, 0.3) is 0 Å².